The molecule has 0 saturated heterocycles. The molecule has 1 fully saturated rings. The van der Waals surface area contributed by atoms with Crippen LogP contribution in [0.25, 0.3) is 0 Å². The molecule has 1 aromatic carbocycles. The zero-order chi connectivity index (χ0) is 16.2. The Kier molecular flexibility index (Phi) is 5.20. The summed E-state index contributed by atoms with van der Waals surface area (Å²) in [6, 6.07) is 9.37. The van der Waals surface area contributed by atoms with Crippen LogP contribution in [0.1, 0.15) is 63.1 Å². The maximum absolute atomic E-state index is 12.6. The largest absolute Gasteiger partial charge is 0.389 e. The number of nitriles is 1. The lowest BCUT2D eigenvalue weighted by molar-refractivity contribution is -0.138. The number of carbonyl (C=O) groups is 1. The van der Waals surface area contributed by atoms with Gasteiger partial charge in [-0.3, -0.25) is 4.79 Å². The Labute approximate surface area is 132 Å². The fourth-order valence-electron chi connectivity index (χ4n) is 3.28. The Morgan fingerprint density at radius 1 is 1.36 bits per heavy atom. The van der Waals surface area contributed by atoms with E-state index in [1.165, 1.54) is 0 Å². The standard InChI is InChI=1S/C18H24N2O2/c1-3-20(17(21)12-18(22)10-4-5-11-18)14(2)16-8-6-15(13-19)7-9-16/h6-9,14,22H,3-5,10-12H2,1-2H3. The van der Waals surface area contributed by atoms with Gasteiger partial charge in [0.2, 0.25) is 5.91 Å². The second-order valence-corrected chi connectivity index (χ2v) is 6.20. The summed E-state index contributed by atoms with van der Waals surface area (Å²) in [7, 11) is 0. The molecule has 0 aromatic heterocycles. The van der Waals surface area contributed by atoms with Gasteiger partial charge in [0.05, 0.1) is 29.7 Å². The Balaban J connectivity index is 2.08. The highest BCUT2D eigenvalue weighted by Gasteiger charge is 2.35. The van der Waals surface area contributed by atoms with Gasteiger partial charge in [0.15, 0.2) is 0 Å². The normalized spacial score (nSPS) is 17.7. The van der Waals surface area contributed by atoms with Crippen molar-refractivity contribution in [2.75, 3.05) is 6.54 Å². The molecule has 22 heavy (non-hydrogen) atoms. The van der Waals surface area contributed by atoms with Gasteiger partial charge < -0.3 is 10.0 Å². The fraction of sp³-hybridized carbons (Fsp3) is 0.556. The fourth-order valence-corrected chi connectivity index (χ4v) is 3.28. The summed E-state index contributed by atoms with van der Waals surface area (Å²) >= 11 is 0. The average molecular weight is 300 g/mol. The van der Waals surface area contributed by atoms with E-state index in [0.29, 0.717) is 12.1 Å². The van der Waals surface area contributed by atoms with E-state index in [9.17, 15) is 9.90 Å². The second kappa shape index (κ2) is 6.93. The molecule has 2 rings (SSSR count). The summed E-state index contributed by atoms with van der Waals surface area (Å²) in [4.78, 5) is 14.4. The first-order valence-electron chi connectivity index (χ1n) is 8.01. The van der Waals surface area contributed by atoms with Crippen molar-refractivity contribution in [2.24, 2.45) is 0 Å². The minimum atomic E-state index is -0.811. The molecule has 118 valence electrons. The first-order valence-corrected chi connectivity index (χ1v) is 8.01. The van der Waals surface area contributed by atoms with E-state index in [1.54, 1.807) is 17.0 Å². The van der Waals surface area contributed by atoms with Crippen LogP contribution in [0.3, 0.4) is 0 Å². The molecular weight excluding hydrogens is 276 g/mol. The van der Waals surface area contributed by atoms with Gasteiger partial charge in [-0.05, 0) is 44.4 Å². The molecule has 1 saturated carbocycles. The van der Waals surface area contributed by atoms with E-state index in [2.05, 4.69) is 6.07 Å². The molecule has 0 radical (unpaired) electrons. The minimum absolute atomic E-state index is 0.00348. The first-order chi connectivity index (χ1) is 10.5. The van der Waals surface area contributed by atoms with Crippen LogP contribution in [0.15, 0.2) is 24.3 Å². The van der Waals surface area contributed by atoms with Crippen LogP contribution in [-0.4, -0.2) is 28.1 Å². The molecule has 1 aromatic rings. The first kappa shape index (κ1) is 16.5. The third-order valence-electron chi connectivity index (χ3n) is 4.67. The van der Waals surface area contributed by atoms with Crippen molar-refractivity contribution >= 4 is 5.91 Å². The Morgan fingerprint density at radius 2 is 1.95 bits per heavy atom. The molecule has 1 amide bonds. The summed E-state index contributed by atoms with van der Waals surface area (Å²) in [5.74, 6) is 0.00348. The molecule has 0 heterocycles. The topological polar surface area (TPSA) is 64.3 Å². The molecule has 0 spiro atoms. The summed E-state index contributed by atoms with van der Waals surface area (Å²) in [5.41, 5.74) is 0.813. The number of aliphatic hydroxyl groups is 1. The zero-order valence-corrected chi connectivity index (χ0v) is 13.4. The Hall–Kier alpha value is -1.86. The third kappa shape index (κ3) is 3.66. The molecule has 0 bridgehead atoms. The van der Waals surface area contributed by atoms with Crippen molar-refractivity contribution in [3.05, 3.63) is 35.4 Å². The van der Waals surface area contributed by atoms with E-state index in [1.807, 2.05) is 26.0 Å². The van der Waals surface area contributed by atoms with Gasteiger partial charge in [0, 0.05) is 6.54 Å². The van der Waals surface area contributed by atoms with Crippen molar-refractivity contribution in [1.82, 2.24) is 4.90 Å². The van der Waals surface area contributed by atoms with Crippen LogP contribution in [-0.2, 0) is 4.79 Å². The molecular formula is C18H24N2O2. The van der Waals surface area contributed by atoms with Crippen molar-refractivity contribution in [3.8, 4) is 6.07 Å². The van der Waals surface area contributed by atoms with Crippen LogP contribution < -0.4 is 0 Å². The zero-order valence-electron chi connectivity index (χ0n) is 13.4. The van der Waals surface area contributed by atoms with Crippen molar-refractivity contribution in [2.45, 2.75) is 57.6 Å². The maximum Gasteiger partial charge on any atom is 0.225 e. The number of rotatable bonds is 5. The lowest BCUT2D eigenvalue weighted by atomic mass is 9.96. The third-order valence-corrected chi connectivity index (χ3v) is 4.67. The summed E-state index contributed by atoms with van der Waals surface area (Å²) in [6.07, 6.45) is 3.66. The van der Waals surface area contributed by atoms with Gasteiger partial charge in [-0.15, -0.1) is 0 Å². The number of nitrogens with zero attached hydrogens (tertiary/aromatic N) is 2. The van der Waals surface area contributed by atoms with E-state index < -0.39 is 5.60 Å². The van der Waals surface area contributed by atoms with Crippen LogP contribution in [0.2, 0.25) is 0 Å². The molecule has 4 heteroatoms. The Morgan fingerprint density at radius 3 is 2.45 bits per heavy atom. The van der Waals surface area contributed by atoms with Crippen LogP contribution >= 0.6 is 0 Å². The number of benzene rings is 1. The SMILES string of the molecule is CCN(C(=O)CC1(O)CCCC1)C(C)c1ccc(C#N)cc1. The van der Waals surface area contributed by atoms with E-state index in [4.69, 9.17) is 5.26 Å². The Bertz CT molecular complexity index is 553. The van der Waals surface area contributed by atoms with Gasteiger partial charge >= 0.3 is 0 Å². The van der Waals surface area contributed by atoms with Gasteiger partial charge in [-0.1, -0.05) is 25.0 Å². The summed E-state index contributed by atoms with van der Waals surface area (Å²) in [5, 5.41) is 19.3. The van der Waals surface area contributed by atoms with E-state index in [0.717, 1.165) is 31.2 Å². The maximum atomic E-state index is 12.6. The van der Waals surface area contributed by atoms with Crippen molar-refractivity contribution in [1.29, 1.82) is 5.26 Å². The van der Waals surface area contributed by atoms with Crippen LogP contribution in [0, 0.1) is 11.3 Å². The lowest BCUT2D eigenvalue weighted by Gasteiger charge is -2.31. The molecule has 0 aliphatic heterocycles. The summed E-state index contributed by atoms with van der Waals surface area (Å²) in [6.45, 7) is 4.55. The molecule has 1 aliphatic carbocycles. The summed E-state index contributed by atoms with van der Waals surface area (Å²) < 4.78 is 0. The second-order valence-electron chi connectivity index (χ2n) is 6.20. The number of hydrogen-bond acceptors (Lipinski definition) is 3. The van der Waals surface area contributed by atoms with Crippen molar-refractivity contribution in [3.63, 3.8) is 0 Å². The lowest BCUT2D eigenvalue weighted by Crippen LogP contribution is -2.39. The smallest absolute Gasteiger partial charge is 0.225 e. The van der Waals surface area contributed by atoms with Crippen LogP contribution in [0.4, 0.5) is 0 Å². The molecule has 1 aliphatic rings. The average Bonchev–Trinajstić information content (AvgIpc) is 2.94. The highest BCUT2D eigenvalue weighted by molar-refractivity contribution is 5.77. The minimum Gasteiger partial charge on any atom is -0.389 e. The number of carbonyl (C=O) groups excluding carboxylic acids is 1. The number of hydrogen-bond donors (Lipinski definition) is 1. The number of amides is 1. The predicted octanol–water partition coefficient (Wildman–Crippen LogP) is 3.16. The van der Waals surface area contributed by atoms with Crippen molar-refractivity contribution < 1.29 is 9.90 Å². The molecule has 4 nitrogen and oxygen atoms in total. The van der Waals surface area contributed by atoms with E-state index in [-0.39, 0.29) is 18.4 Å². The highest BCUT2D eigenvalue weighted by atomic mass is 16.3. The molecule has 1 atom stereocenters. The van der Waals surface area contributed by atoms with Crippen LogP contribution in [0.5, 0.6) is 0 Å². The van der Waals surface area contributed by atoms with Gasteiger partial charge in [0.1, 0.15) is 0 Å². The van der Waals surface area contributed by atoms with Gasteiger partial charge in [-0.2, -0.15) is 5.26 Å². The highest BCUT2D eigenvalue weighted by Crippen LogP contribution is 2.33. The van der Waals surface area contributed by atoms with E-state index >= 15 is 0 Å². The predicted molar refractivity (Wildman–Crippen MR) is 85.0 cm³/mol. The monoisotopic (exact) mass is 300 g/mol. The quantitative estimate of drug-likeness (QED) is 0.908. The molecule has 1 unspecified atom stereocenters. The van der Waals surface area contributed by atoms with Gasteiger partial charge in [-0.25, -0.2) is 0 Å². The molecule has 1 N–H and O–H groups in total. The van der Waals surface area contributed by atoms with Gasteiger partial charge in [0.25, 0.3) is 0 Å².